The summed E-state index contributed by atoms with van der Waals surface area (Å²) in [6, 6.07) is 5.81. The van der Waals surface area contributed by atoms with Gasteiger partial charge in [0.05, 0.1) is 12.1 Å². The van der Waals surface area contributed by atoms with Crippen LogP contribution in [0.2, 0.25) is 0 Å². The molecule has 27 heavy (non-hydrogen) atoms. The molecule has 3 aromatic rings. The van der Waals surface area contributed by atoms with Crippen molar-refractivity contribution in [3.8, 4) is 11.1 Å². The number of nitrogens with zero attached hydrogens (tertiary/aromatic N) is 3. The fourth-order valence-corrected chi connectivity index (χ4v) is 2.89. The summed E-state index contributed by atoms with van der Waals surface area (Å²) in [6.07, 6.45) is 3.40. The minimum atomic E-state index is -1.08. The number of aliphatic hydroxyl groups is 1. The summed E-state index contributed by atoms with van der Waals surface area (Å²) in [7, 11) is 0. The molecule has 3 rings (SSSR count). The summed E-state index contributed by atoms with van der Waals surface area (Å²) in [6.45, 7) is 9.24. The monoisotopic (exact) mass is 365 g/mol. The van der Waals surface area contributed by atoms with Crippen LogP contribution in [0.25, 0.3) is 22.0 Å². The average Bonchev–Trinajstić information content (AvgIpc) is 2.64. The number of hydrogen-bond donors (Lipinski definition) is 1. The van der Waals surface area contributed by atoms with E-state index in [0.717, 1.165) is 33.2 Å². The van der Waals surface area contributed by atoms with Gasteiger partial charge < -0.3 is 9.84 Å². The molecule has 1 N–H and O–H groups in total. The molecule has 0 unspecified atom stereocenters. The van der Waals surface area contributed by atoms with Crippen LogP contribution in [0.15, 0.2) is 30.6 Å². The quantitative estimate of drug-likeness (QED) is 0.710. The molecular formula is C21H23N3O3. The first kappa shape index (κ1) is 18.9. The van der Waals surface area contributed by atoms with E-state index in [4.69, 9.17) is 4.74 Å². The molecule has 2 heterocycles. The van der Waals surface area contributed by atoms with Gasteiger partial charge in [-0.2, -0.15) is 0 Å². The first-order valence-corrected chi connectivity index (χ1v) is 8.85. The predicted octanol–water partition coefficient (Wildman–Crippen LogP) is 3.71. The highest BCUT2D eigenvalue weighted by Gasteiger charge is 2.20. The molecule has 0 saturated heterocycles. The molecule has 6 heteroatoms. The van der Waals surface area contributed by atoms with Gasteiger partial charge in [-0.15, -0.1) is 0 Å². The van der Waals surface area contributed by atoms with E-state index in [2.05, 4.69) is 15.0 Å². The van der Waals surface area contributed by atoms with Crippen LogP contribution in [0.4, 0.5) is 0 Å². The van der Waals surface area contributed by atoms with Crippen LogP contribution in [-0.2, 0) is 10.3 Å². The maximum atomic E-state index is 12.1. The first-order valence-electron chi connectivity index (χ1n) is 8.85. The third-order valence-electron chi connectivity index (χ3n) is 4.55. The number of carbonyl (C=O) groups is 1. The Kier molecular flexibility index (Phi) is 4.93. The van der Waals surface area contributed by atoms with E-state index in [-0.39, 0.29) is 0 Å². The summed E-state index contributed by atoms with van der Waals surface area (Å²) in [5.74, 6) is -0.0282. The third-order valence-corrected chi connectivity index (χ3v) is 4.55. The maximum absolute atomic E-state index is 12.1. The van der Waals surface area contributed by atoms with Gasteiger partial charge in [-0.25, -0.2) is 19.7 Å². The van der Waals surface area contributed by atoms with Gasteiger partial charge in [-0.1, -0.05) is 6.07 Å². The van der Waals surface area contributed by atoms with Crippen molar-refractivity contribution < 1.29 is 14.6 Å². The molecular weight excluding hydrogens is 342 g/mol. The predicted molar refractivity (Wildman–Crippen MR) is 103 cm³/mol. The van der Waals surface area contributed by atoms with Crippen LogP contribution >= 0.6 is 0 Å². The van der Waals surface area contributed by atoms with Crippen molar-refractivity contribution in [1.82, 2.24) is 15.0 Å². The molecule has 0 atom stereocenters. The zero-order valence-electron chi connectivity index (χ0n) is 16.2. The second-order valence-electron chi connectivity index (χ2n) is 7.02. The molecule has 0 radical (unpaired) electrons. The van der Waals surface area contributed by atoms with E-state index in [1.54, 1.807) is 33.2 Å². The van der Waals surface area contributed by atoms with Crippen LogP contribution in [0.3, 0.4) is 0 Å². The number of esters is 1. The number of hydrogen-bond acceptors (Lipinski definition) is 6. The van der Waals surface area contributed by atoms with E-state index in [1.165, 1.54) is 0 Å². The number of pyridine rings is 1. The Morgan fingerprint density at radius 3 is 2.37 bits per heavy atom. The van der Waals surface area contributed by atoms with Crippen molar-refractivity contribution in [3.63, 3.8) is 0 Å². The van der Waals surface area contributed by atoms with Gasteiger partial charge in [0.2, 0.25) is 0 Å². The van der Waals surface area contributed by atoms with Crippen LogP contribution in [0.5, 0.6) is 0 Å². The lowest BCUT2D eigenvalue weighted by Gasteiger charge is -2.15. The van der Waals surface area contributed by atoms with Gasteiger partial charge in [0.15, 0.2) is 11.5 Å². The van der Waals surface area contributed by atoms with Crippen molar-refractivity contribution in [2.45, 2.75) is 40.2 Å². The smallest absolute Gasteiger partial charge is 0.357 e. The Hall–Kier alpha value is -2.86. The number of aryl methyl sites for hydroxylation is 1. The zero-order valence-corrected chi connectivity index (χ0v) is 16.2. The minimum Gasteiger partial charge on any atom is -0.461 e. The van der Waals surface area contributed by atoms with Crippen molar-refractivity contribution in [3.05, 3.63) is 53.2 Å². The van der Waals surface area contributed by atoms with Gasteiger partial charge in [-0.3, -0.25) is 0 Å². The Balaban J connectivity index is 2.06. The molecule has 6 nitrogen and oxygen atoms in total. The number of carbonyl (C=O) groups excluding carboxylic acids is 1. The summed E-state index contributed by atoms with van der Waals surface area (Å²) in [4.78, 5) is 25.2. The normalized spacial score (nSPS) is 11.6. The lowest BCUT2D eigenvalue weighted by Crippen LogP contribution is -2.19. The summed E-state index contributed by atoms with van der Waals surface area (Å²) in [5.41, 5.74) is 3.59. The maximum Gasteiger partial charge on any atom is 0.357 e. The molecule has 2 aromatic heterocycles. The van der Waals surface area contributed by atoms with Crippen molar-refractivity contribution in [2.24, 2.45) is 0 Å². The standard InChI is InChI=1S/C21H23N3O3/c1-6-27-19(25)18-13(3)12(2)16-9-14(7-8-17(16)24-18)15-10-22-20(23-11-15)21(4,5)26/h7-11,26H,6H2,1-5H3. The highest BCUT2D eigenvalue weighted by Crippen LogP contribution is 2.28. The second kappa shape index (κ2) is 7.04. The SMILES string of the molecule is CCOC(=O)c1nc2ccc(-c3cnc(C(C)(C)O)nc3)cc2c(C)c1C. The van der Waals surface area contributed by atoms with E-state index in [1.807, 2.05) is 32.0 Å². The van der Waals surface area contributed by atoms with Crippen molar-refractivity contribution in [2.75, 3.05) is 6.61 Å². The van der Waals surface area contributed by atoms with Gasteiger partial charge in [0.1, 0.15) is 5.60 Å². The molecule has 0 aliphatic rings. The number of ether oxygens (including phenoxy) is 1. The molecule has 0 fully saturated rings. The Morgan fingerprint density at radius 1 is 1.11 bits per heavy atom. The molecule has 0 aliphatic carbocycles. The average molecular weight is 365 g/mol. The lowest BCUT2D eigenvalue weighted by molar-refractivity contribution is 0.0518. The van der Waals surface area contributed by atoms with Gasteiger partial charge in [0, 0.05) is 23.3 Å². The highest BCUT2D eigenvalue weighted by molar-refractivity contribution is 5.95. The van der Waals surface area contributed by atoms with Crippen LogP contribution < -0.4 is 0 Å². The van der Waals surface area contributed by atoms with Crippen molar-refractivity contribution >= 4 is 16.9 Å². The molecule has 1 aromatic carbocycles. The number of fused-ring (bicyclic) bond motifs is 1. The van der Waals surface area contributed by atoms with E-state index in [0.29, 0.717) is 18.1 Å². The molecule has 0 aliphatic heterocycles. The third kappa shape index (κ3) is 3.66. The topological polar surface area (TPSA) is 85.2 Å². The fraction of sp³-hybridized carbons (Fsp3) is 0.333. The summed E-state index contributed by atoms with van der Waals surface area (Å²) < 4.78 is 5.11. The Labute approximate surface area is 158 Å². The minimum absolute atomic E-state index is 0.316. The summed E-state index contributed by atoms with van der Waals surface area (Å²) >= 11 is 0. The Bertz CT molecular complexity index is 1010. The van der Waals surface area contributed by atoms with Crippen LogP contribution in [0, 0.1) is 13.8 Å². The van der Waals surface area contributed by atoms with Crippen LogP contribution in [0.1, 0.15) is 48.2 Å². The van der Waals surface area contributed by atoms with Crippen molar-refractivity contribution in [1.29, 1.82) is 0 Å². The highest BCUT2D eigenvalue weighted by atomic mass is 16.5. The van der Waals surface area contributed by atoms with E-state index >= 15 is 0 Å². The van der Waals surface area contributed by atoms with Gasteiger partial charge in [-0.05, 0) is 63.4 Å². The largest absolute Gasteiger partial charge is 0.461 e. The first-order chi connectivity index (χ1) is 12.7. The number of benzene rings is 1. The molecule has 0 bridgehead atoms. The number of rotatable bonds is 4. The van der Waals surface area contributed by atoms with Gasteiger partial charge in [0.25, 0.3) is 0 Å². The number of aromatic nitrogens is 3. The van der Waals surface area contributed by atoms with Gasteiger partial charge >= 0.3 is 5.97 Å². The van der Waals surface area contributed by atoms with Crippen LogP contribution in [-0.4, -0.2) is 32.6 Å². The lowest BCUT2D eigenvalue weighted by atomic mass is 9.99. The second-order valence-corrected chi connectivity index (χ2v) is 7.02. The molecule has 140 valence electrons. The summed E-state index contributed by atoms with van der Waals surface area (Å²) in [5, 5.41) is 11.0. The fourth-order valence-electron chi connectivity index (χ4n) is 2.89. The Morgan fingerprint density at radius 2 is 1.78 bits per heavy atom. The van der Waals surface area contributed by atoms with E-state index in [9.17, 15) is 9.90 Å². The zero-order chi connectivity index (χ0) is 19.8. The van der Waals surface area contributed by atoms with E-state index < -0.39 is 11.6 Å². The molecule has 0 saturated carbocycles. The molecule has 0 spiro atoms. The molecule has 0 amide bonds.